The second kappa shape index (κ2) is 6.08. The number of hydrogen-bond donors (Lipinski definition) is 2. The maximum absolute atomic E-state index is 9.90. The van der Waals surface area contributed by atoms with Crippen molar-refractivity contribution in [1.82, 2.24) is 0 Å². The zero-order valence-electron chi connectivity index (χ0n) is 9.37. The first-order valence-corrected chi connectivity index (χ1v) is 5.73. The van der Waals surface area contributed by atoms with Gasteiger partial charge in [-0.2, -0.15) is 0 Å². The molecule has 16 heavy (non-hydrogen) atoms. The molecule has 0 saturated heterocycles. The van der Waals surface area contributed by atoms with Crippen molar-refractivity contribution in [3.63, 3.8) is 0 Å². The second-order valence-electron chi connectivity index (χ2n) is 3.30. The van der Waals surface area contributed by atoms with Crippen LogP contribution in [0.3, 0.4) is 0 Å². The van der Waals surface area contributed by atoms with E-state index < -0.39 is 6.10 Å². The van der Waals surface area contributed by atoms with Gasteiger partial charge < -0.3 is 20.3 Å². The lowest BCUT2D eigenvalue weighted by molar-refractivity contribution is 0.166. The summed E-state index contributed by atoms with van der Waals surface area (Å²) < 4.78 is 11.1. The van der Waals surface area contributed by atoms with Gasteiger partial charge in [0.1, 0.15) is 16.0 Å². The average molecular weight is 290 g/mol. The Kier molecular flexibility index (Phi) is 5.05. The number of hydrogen-bond acceptors (Lipinski definition) is 4. The Labute approximate surface area is 103 Å². The predicted molar refractivity (Wildman–Crippen MR) is 65.9 cm³/mol. The number of benzene rings is 1. The van der Waals surface area contributed by atoms with Crippen LogP contribution in [-0.2, 0) is 0 Å². The monoisotopic (exact) mass is 289 g/mol. The molecule has 90 valence electrons. The van der Waals surface area contributed by atoms with Gasteiger partial charge in [-0.05, 0) is 41.0 Å². The SMILES string of the molecule is COc1ccc(C(O)CCN)c(OC)c1Br. The summed E-state index contributed by atoms with van der Waals surface area (Å²) in [4.78, 5) is 0. The molecule has 5 heteroatoms. The Bertz CT molecular complexity index is 357. The van der Waals surface area contributed by atoms with E-state index in [2.05, 4.69) is 15.9 Å². The van der Waals surface area contributed by atoms with Crippen LogP contribution >= 0.6 is 15.9 Å². The summed E-state index contributed by atoms with van der Waals surface area (Å²) in [6, 6.07) is 3.56. The van der Waals surface area contributed by atoms with Crippen LogP contribution in [0.1, 0.15) is 18.1 Å². The molecule has 3 N–H and O–H groups in total. The highest BCUT2D eigenvalue weighted by molar-refractivity contribution is 9.10. The lowest BCUT2D eigenvalue weighted by Crippen LogP contribution is -2.08. The predicted octanol–water partition coefficient (Wildman–Crippen LogP) is 1.85. The highest BCUT2D eigenvalue weighted by atomic mass is 79.9. The van der Waals surface area contributed by atoms with Gasteiger partial charge in [-0.1, -0.05) is 0 Å². The van der Waals surface area contributed by atoms with Gasteiger partial charge in [0.05, 0.1) is 20.3 Å². The summed E-state index contributed by atoms with van der Waals surface area (Å²) in [6.07, 6.45) is -0.128. The highest BCUT2D eigenvalue weighted by Crippen LogP contribution is 2.40. The Morgan fingerprint density at radius 1 is 1.38 bits per heavy atom. The number of aliphatic hydroxyl groups is 1. The third-order valence-electron chi connectivity index (χ3n) is 2.32. The molecule has 1 aromatic carbocycles. The molecule has 0 aliphatic carbocycles. The van der Waals surface area contributed by atoms with E-state index in [0.29, 0.717) is 34.5 Å². The van der Waals surface area contributed by atoms with Crippen LogP contribution in [-0.4, -0.2) is 25.9 Å². The molecule has 0 aliphatic rings. The zero-order valence-corrected chi connectivity index (χ0v) is 11.0. The minimum Gasteiger partial charge on any atom is -0.495 e. The van der Waals surface area contributed by atoms with Crippen LogP contribution in [0, 0.1) is 0 Å². The van der Waals surface area contributed by atoms with Crippen LogP contribution < -0.4 is 15.2 Å². The lowest BCUT2D eigenvalue weighted by Gasteiger charge is -2.17. The Balaban J connectivity index is 3.14. The van der Waals surface area contributed by atoms with E-state index in [9.17, 15) is 5.11 Å². The largest absolute Gasteiger partial charge is 0.495 e. The molecule has 0 fully saturated rings. The quantitative estimate of drug-likeness (QED) is 0.868. The molecule has 1 rings (SSSR count). The van der Waals surface area contributed by atoms with Gasteiger partial charge >= 0.3 is 0 Å². The van der Waals surface area contributed by atoms with Crippen LogP contribution in [0.2, 0.25) is 0 Å². The van der Waals surface area contributed by atoms with E-state index in [4.69, 9.17) is 15.2 Å². The van der Waals surface area contributed by atoms with Crippen molar-refractivity contribution in [2.75, 3.05) is 20.8 Å². The average Bonchev–Trinajstić information content (AvgIpc) is 2.28. The van der Waals surface area contributed by atoms with Crippen molar-refractivity contribution in [1.29, 1.82) is 0 Å². The lowest BCUT2D eigenvalue weighted by atomic mass is 10.1. The number of ether oxygens (including phenoxy) is 2. The summed E-state index contributed by atoms with van der Waals surface area (Å²) >= 11 is 3.38. The molecule has 1 atom stereocenters. The smallest absolute Gasteiger partial charge is 0.142 e. The normalized spacial score (nSPS) is 12.3. The van der Waals surface area contributed by atoms with Crippen molar-refractivity contribution in [3.8, 4) is 11.5 Å². The molecule has 1 unspecified atom stereocenters. The van der Waals surface area contributed by atoms with E-state index in [1.165, 1.54) is 0 Å². The Hall–Kier alpha value is -0.780. The first-order valence-electron chi connectivity index (χ1n) is 4.94. The van der Waals surface area contributed by atoms with Crippen molar-refractivity contribution >= 4 is 15.9 Å². The van der Waals surface area contributed by atoms with Crippen LogP contribution in [0.4, 0.5) is 0 Å². The molecule has 0 amide bonds. The van der Waals surface area contributed by atoms with Crippen LogP contribution in [0.25, 0.3) is 0 Å². The Morgan fingerprint density at radius 2 is 2.06 bits per heavy atom. The van der Waals surface area contributed by atoms with Gasteiger partial charge in [0.25, 0.3) is 0 Å². The summed E-state index contributed by atoms with van der Waals surface area (Å²) in [7, 11) is 3.13. The molecular weight excluding hydrogens is 274 g/mol. The van der Waals surface area contributed by atoms with Crippen LogP contribution in [0.15, 0.2) is 16.6 Å². The maximum atomic E-state index is 9.90. The van der Waals surface area contributed by atoms with E-state index in [1.54, 1.807) is 26.4 Å². The molecule has 0 heterocycles. The minimum atomic E-state index is -0.623. The van der Waals surface area contributed by atoms with Crippen molar-refractivity contribution in [2.24, 2.45) is 5.73 Å². The number of rotatable bonds is 5. The fourth-order valence-corrected chi connectivity index (χ4v) is 2.18. The van der Waals surface area contributed by atoms with Gasteiger partial charge in [-0.25, -0.2) is 0 Å². The third-order valence-corrected chi connectivity index (χ3v) is 3.07. The fraction of sp³-hybridized carbons (Fsp3) is 0.455. The van der Waals surface area contributed by atoms with E-state index in [-0.39, 0.29) is 0 Å². The second-order valence-corrected chi connectivity index (χ2v) is 4.09. The molecule has 0 bridgehead atoms. The van der Waals surface area contributed by atoms with Gasteiger partial charge in [-0.15, -0.1) is 0 Å². The number of nitrogens with two attached hydrogens (primary N) is 1. The topological polar surface area (TPSA) is 64.7 Å². The summed E-state index contributed by atoms with van der Waals surface area (Å²) in [5, 5.41) is 9.90. The van der Waals surface area contributed by atoms with Crippen molar-refractivity contribution < 1.29 is 14.6 Å². The molecule has 0 spiro atoms. The van der Waals surface area contributed by atoms with Crippen LogP contribution in [0.5, 0.6) is 11.5 Å². The van der Waals surface area contributed by atoms with Gasteiger partial charge in [-0.3, -0.25) is 0 Å². The molecule has 0 aromatic heterocycles. The molecule has 0 saturated carbocycles. The number of methoxy groups -OCH3 is 2. The summed E-state index contributed by atoms with van der Waals surface area (Å²) in [6.45, 7) is 0.425. The Morgan fingerprint density at radius 3 is 2.56 bits per heavy atom. The number of halogens is 1. The molecule has 4 nitrogen and oxygen atoms in total. The third kappa shape index (κ3) is 2.66. The minimum absolute atomic E-state index is 0.425. The highest BCUT2D eigenvalue weighted by Gasteiger charge is 2.17. The maximum Gasteiger partial charge on any atom is 0.142 e. The molecule has 0 aliphatic heterocycles. The first kappa shape index (κ1) is 13.3. The summed E-state index contributed by atoms with van der Waals surface area (Å²) in [5.41, 5.74) is 6.12. The zero-order chi connectivity index (χ0) is 12.1. The number of aliphatic hydroxyl groups excluding tert-OH is 1. The first-order chi connectivity index (χ1) is 7.65. The summed E-state index contributed by atoms with van der Waals surface area (Å²) in [5.74, 6) is 1.25. The van der Waals surface area contributed by atoms with Crippen molar-refractivity contribution in [2.45, 2.75) is 12.5 Å². The fourth-order valence-electron chi connectivity index (χ4n) is 1.49. The molecular formula is C11H16BrNO3. The van der Waals surface area contributed by atoms with Gasteiger partial charge in [0.2, 0.25) is 0 Å². The van der Waals surface area contributed by atoms with Gasteiger partial charge in [0, 0.05) is 5.56 Å². The molecule has 1 aromatic rings. The standard InChI is InChI=1S/C11H16BrNO3/c1-15-9-4-3-7(8(14)5-6-13)11(16-2)10(9)12/h3-4,8,14H,5-6,13H2,1-2H3. The molecule has 0 radical (unpaired) electrons. The van der Waals surface area contributed by atoms with E-state index in [0.717, 1.165) is 0 Å². The van der Waals surface area contributed by atoms with E-state index >= 15 is 0 Å². The van der Waals surface area contributed by atoms with E-state index in [1.807, 2.05) is 0 Å². The van der Waals surface area contributed by atoms with Crippen molar-refractivity contribution in [3.05, 3.63) is 22.2 Å². The van der Waals surface area contributed by atoms with Gasteiger partial charge in [0.15, 0.2) is 0 Å².